The normalized spacial score (nSPS) is 14.5. The van der Waals surface area contributed by atoms with E-state index < -0.39 is 0 Å². The first kappa shape index (κ1) is 19.9. The highest BCUT2D eigenvalue weighted by molar-refractivity contribution is 5.92. The van der Waals surface area contributed by atoms with E-state index in [1.165, 1.54) is 12.1 Å². The van der Waals surface area contributed by atoms with Crippen molar-refractivity contribution in [2.75, 3.05) is 31.1 Å². The molecule has 0 aliphatic carbocycles. The van der Waals surface area contributed by atoms with Crippen molar-refractivity contribution in [3.05, 3.63) is 83.4 Å². The van der Waals surface area contributed by atoms with Crippen molar-refractivity contribution in [3.63, 3.8) is 0 Å². The molecule has 30 heavy (non-hydrogen) atoms. The Balaban J connectivity index is 1.41. The third kappa shape index (κ3) is 4.13. The van der Waals surface area contributed by atoms with Crippen molar-refractivity contribution in [1.82, 2.24) is 14.7 Å². The zero-order valence-electron chi connectivity index (χ0n) is 17.3. The zero-order chi connectivity index (χ0) is 21.1. The predicted molar refractivity (Wildman–Crippen MR) is 117 cm³/mol. The van der Waals surface area contributed by atoms with Crippen LogP contribution >= 0.6 is 0 Å². The van der Waals surface area contributed by atoms with Crippen LogP contribution in [0.25, 0.3) is 11.8 Å². The number of aryl methyl sites for hydroxylation is 1. The lowest BCUT2D eigenvalue weighted by atomic mass is 10.1. The topological polar surface area (TPSA) is 41.4 Å². The van der Waals surface area contributed by atoms with Gasteiger partial charge in [0, 0.05) is 49.2 Å². The van der Waals surface area contributed by atoms with Crippen LogP contribution in [-0.2, 0) is 4.79 Å². The minimum atomic E-state index is -0.237. The lowest BCUT2D eigenvalue weighted by Crippen LogP contribution is -2.48. The number of benzene rings is 2. The molecule has 1 fully saturated rings. The van der Waals surface area contributed by atoms with Gasteiger partial charge in [0.15, 0.2) is 0 Å². The summed E-state index contributed by atoms with van der Waals surface area (Å²) in [6.07, 6.45) is 3.51. The third-order valence-electron chi connectivity index (χ3n) is 5.52. The number of para-hydroxylation sites is 1. The summed E-state index contributed by atoms with van der Waals surface area (Å²) in [6, 6.07) is 16.5. The molecule has 0 saturated carbocycles. The van der Waals surface area contributed by atoms with Gasteiger partial charge in [-0.05, 0) is 56.3 Å². The minimum Gasteiger partial charge on any atom is -0.368 e. The number of anilines is 1. The Kier molecular flexibility index (Phi) is 5.65. The molecule has 4 rings (SSSR count). The van der Waals surface area contributed by atoms with Gasteiger partial charge in [0.2, 0.25) is 5.91 Å². The van der Waals surface area contributed by atoms with E-state index in [1.54, 1.807) is 18.2 Å². The van der Waals surface area contributed by atoms with E-state index in [9.17, 15) is 9.18 Å². The van der Waals surface area contributed by atoms with Crippen LogP contribution in [0.5, 0.6) is 0 Å². The van der Waals surface area contributed by atoms with Crippen molar-refractivity contribution in [2.45, 2.75) is 13.8 Å². The summed E-state index contributed by atoms with van der Waals surface area (Å²) in [5.74, 6) is -0.237. The van der Waals surface area contributed by atoms with Crippen LogP contribution in [0.4, 0.5) is 10.1 Å². The Labute approximate surface area is 176 Å². The summed E-state index contributed by atoms with van der Waals surface area (Å²) in [4.78, 5) is 16.7. The highest BCUT2D eigenvalue weighted by Gasteiger charge is 2.20. The molecule has 0 spiro atoms. The van der Waals surface area contributed by atoms with Crippen LogP contribution in [0.3, 0.4) is 0 Å². The average Bonchev–Trinajstić information content (AvgIpc) is 3.06. The smallest absolute Gasteiger partial charge is 0.246 e. The second-order valence-corrected chi connectivity index (χ2v) is 7.45. The molecule has 0 atom stereocenters. The van der Waals surface area contributed by atoms with E-state index in [0.29, 0.717) is 13.1 Å². The van der Waals surface area contributed by atoms with E-state index in [4.69, 9.17) is 0 Å². The molecule has 1 aromatic heterocycles. The molecule has 6 heteroatoms. The molecule has 3 aromatic rings. The fraction of sp³-hybridized carbons (Fsp3) is 0.250. The minimum absolute atomic E-state index is 0.0000160. The van der Waals surface area contributed by atoms with Crippen molar-refractivity contribution in [2.24, 2.45) is 0 Å². The number of carbonyl (C=O) groups excluding carboxylic acids is 1. The fourth-order valence-corrected chi connectivity index (χ4v) is 3.81. The first-order valence-electron chi connectivity index (χ1n) is 10.1. The van der Waals surface area contributed by atoms with E-state index in [-0.39, 0.29) is 11.7 Å². The van der Waals surface area contributed by atoms with Crippen LogP contribution in [-0.4, -0.2) is 46.8 Å². The van der Waals surface area contributed by atoms with Gasteiger partial charge in [-0.2, -0.15) is 5.10 Å². The van der Waals surface area contributed by atoms with Crippen molar-refractivity contribution >= 4 is 17.7 Å². The standard InChI is InChI=1S/C24H25FN4O/c1-18-23(19(2)29(26-18)22-6-4-3-5-7-22)12-13-24(30)28-16-14-27(15-17-28)21-10-8-20(25)9-11-21/h3-13H,14-17H2,1-2H3/b13-12+. The van der Waals surface area contributed by atoms with Crippen LogP contribution < -0.4 is 4.90 Å². The van der Waals surface area contributed by atoms with Gasteiger partial charge in [0.1, 0.15) is 5.82 Å². The lowest BCUT2D eigenvalue weighted by Gasteiger charge is -2.35. The third-order valence-corrected chi connectivity index (χ3v) is 5.52. The van der Waals surface area contributed by atoms with Crippen LogP contribution in [0.2, 0.25) is 0 Å². The molecule has 1 aliphatic heterocycles. The molecule has 2 heterocycles. The number of hydrogen-bond acceptors (Lipinski definition) is 3. The number of aromatic nitrogens is 2. The van der Waals surface area contributed by atoms with Gasteiger partial charge in [0.05, 0.1) is 11.4 Å². The maximum Gasteiger partial charge on any atom is 0.246 e. The fourth-order valence-electron chi connectivity index (χ4n) is 3.81. The molecule has 0 bridgehead atoms. The van der Waals surface area contributed by atoms with Crippen molar-refractivity contribution < 1.29 is 9.18 Å². The molecule has 154 valence electrons. The van der Waals surface area contributed by atoms with Gasteiger partial charge in [-0.1, -0.05) is 18.2 Å². The first-order chi connectivity index (χ1) is 14.5. The van der Waals surface area contributed by atoms with Gasteiger partial charge in [-0.15, -0.1) is 0 Å². The number of carbonyl (C=O) groups is 1. The van der Waals surface area contributed by atoms with Crippen molar-refractivity contribution in [1.29, 1.82) is 0 Å². The van der Waals surface area contributed by atoms with E-state index >= 15 is 0 Å². The summed E-state index contributed by atoms with van der Waals surface area (Å²) in [6.45, 7) is 6.71. The Morgan fingerprint density at radius 3 is 2.27 bits per heavy atom. The van der Waals surface area contributed by atoms with Gasteiger partial charge < -0.3 is 9.80 Å². The molecule has 0 unspecified atom stereocenters. The van der Waals surface area contributed by atoms with Crippen LogP contribution in [0.15, 0.2) is 60.7 Å². The van der Waals surface area contributed by atoms with Crippen molar-refractivity contribution in [3.8, 4) is 5.69 Å². The van der Waals surface area contributed by atoms with Crippen LogP contribution in [0.1, 0.15) is 17.0 Å². The van der Waals surface area contributed by atoms with Gasteiger partial charge in [-0.25, -0.2) is 9.07 Å². The molecule has 5 nitrogen and oxygen atoms in total. The number of hydrogen-bond donors (Lipinski definition) is 0. The van der Waals surface area contributed by atoms with E-state index in [2.05, 4.69) is 10.00 Å². The Morgan fingerprint density at radius 2 is 1.60 bits per heavy atom. The van der Waals surface area contributed by atoms with Gasteiger partial charge in [-0.3, -0.25) is 4.79 Å². The summed E-state index contributed by atoms with van der Waals surface area (Å²) in [5.41, 5.74) is 4.85. The average molecular weight is 404 g/mol. The summed E-state index contributed by atoms with van der Waals surface area (Å²) in [5, 5.41) is 4.63. The van der Waals surface area contributed by atoms with Gasteiger partial charge >= 0.3 is 0 Å². The Bertz CT molecular complexity index is 1050. The second-order valence-electron chi connectivity index (χ2n) is 7.45. The maximum absolute atomic E-state index is 13.1. The molecule has 1 saturated heterocycles. The zero-order valence-corrected chi connectivity index (χ0v) is 17.3. The second kappa shape index (κ2) is 8.53. The highest BCUT2D eigenvalue weighted by atomic mass is 19.1. The summed E-state index contributed by atoms with van der Waals surface area (Å²) >= 11 is 0. The Hall–Kier alpha value is -3.41. The number of rotatable bonds is 4. The predicted octanol–water partition coefficient (Wildman–Crippen LogP) is 3.99. The molecular formula is C24H25FN4O. The molecular weight excluding hydrogens is 379 g/mol. The first-order valence-corrected chi connectivity index (χ1v) is 10.1. The van der Waals surface area contributed by atoms with Gasteiger partial charge in [0.25, 0.3) is 0 Å². The highest BCUT2D eigenvalue weighted by Crippen LogP contribution is 2.20. The van der Waals surface area contributed by atoms with E-state index in [0.717, 1.165) is 41.4 Å². The summed E-state index contributed by atoms with van der Waals surface area (Å²) in [7, 11) is 0. The Morgan fingerprint density at radius 1 is 0.933 bits per heavy atom. The number of nitrogens with zero attached hydrogens (tertiary/aromatic N) is 4. The monoisotopic (exact) mass is 404 g/mol. The quantitative estimate of drug-likeness (QED) is 0.618. The maximum atomic E-state index is 13.1. The van der Waals surface area contributed by atoms with Crippen LogP contribution in [0, 0.1) is 19.7 Å². The molecule has 1 aliphatic rings. The lowest BCUT2D eigenvalue weighted by molar-refractivity contribution is -0.126. The number of halogens is 1. The molecule has 2 aromatic carbocycles. The molecule has 0 N–H and O–H groups in total. The molecule has 0 radical (unpaired) electrons. The van der Waals surface area contributed by atoms with E-state index in [1.807, 2.05) is 59.8 Å². The summed E-state index contributed by atoms with van der Waals surface area (Å²) < 4.78 is 15.0. The SMILES string of the molecule is Cc1nn(-c2ccccc2)c(C)c1/C=C/C(=O)N1CCN(c2ccc(F)cc2)CC1. The largest absolute Gasteiger partial charge is 0.368 e. The number of piperazine rings is 1. The molecule has 1 amide bonds. The number of amides is 1.